The lowest BCUT2D eigenvalue weighted by atomic mass is 10.1. The number of aromatic hydroxyl groups is 1. The summed E-state index contributed by atoms with van der Waals surface area (Å²) in [5.41, 5.74) is 2.97. The fraction of sp³-hybridized carbons (Fsp3) is 0. The number of para-hydroxylation sites is 1. The van der Waals surface area contributed by atoms with Gasteiger partial charge in [-0.15, -0.1) is 0 Å². The first-order chi connectivity index (χ1) is 12.2. The van der Waals surface area contributed by atoms with Gasteiger partial charge in [-0.25, -0.2) is 4.98 Å². The van der Waals surface area contributed by atoms with E-state index in [0.29, 0.717) is 11.3 Å². The first-order valence-corrected chi connectivity index (χ1v) is 7.72. The molecular weight excluding hydrogens is 314 g/mol. The maximum Gasteiger partial charge on any atom is 0.212 e. The van der Waals surface area contributed by atoms with E-state index < -0.39 is 0 Å². The molecule has 120 valence electrons. The molecule has 0 spiro atoms. The van der Waals surface area contributed by atoms with Crippen molar-refractivity contribution in [3.05, 3.63) is 84.4 Å². The quantitative estimate of drug-likeness (QED) is 0.582. The van der Waals surface area contributed by atoms with Gasteiger partial charge in [-0.1, -0.05) is 18.2 Å². The van der Waals surface area contributed by atoms with Crippen molar-refractivity contribution in [1.29, 1.82) is 0 Å². The Kier molecular flexibility index (Phi) is 3.67. The van der Waals surface area contributed by atoms with Gasteiger partial charge < -0.3 is 5.11 Å². The summed E-state index contributed by atoms with van der Waals surface area (Å²) in [6, 6.07) is 15.8. The highest BCUT2D eigenvalue weighted by Gasteiger charge is 2.13. The molecule has 0 aliphatic carbocycles. The minimum Gasteiger partial charge on any atom is -0.508 e. The predicted molar refractivity (Wildman–Crippen MR) is 94.3 cm³/mol. The maximum atomic E-state index is 12.6. The van der Waals surface area contributed by atoms with Gasteiger partial charge in [-0.2, -0.15) is 0 Å². The van der Waals surface area contributed by atoms with Crippen LogP contribution in [0, 0.1) is 0 Å². The van der Waals surface area contributed by atoms with Gasteiger partial charge in [0, 0.05) is 22.7 Å². The van der Waals surface area contributed by atoms with Crippen LogP contribution < -0.4 is 0 Å². The number of carbonyl (C=O) groups is 1. The molecular formula is C20H13N3O2. The number of carbonyl (C=O) groups excluding carboxylic acids is 1. The third-order valence-corrected chi connectivity index (χ3v) is 3.88. The van der Waals surface area contributed by atoms with E-state index >= 15 is 0 Å². The van der Waals surface area contributed by atoms with E-state index in [-0.39, 0.29) is 17.2 Å². The summed E-state index contributed by atoms with van der Waals surface area (Å²) in [6.45, 7) is 0. The zero-order chi connectivity index (χ0) is 17.2. The second-order valence-corrected chi connectivity index (χ2v) is 5.58. The first kappa shape index (κ1) is 15.0. The molecule has 0 saturated carbocycles. The Balaban J connectivity index is 1.73. The summed E-state index contributed by atoms with van der Waals surface area (Å²) in [5.74, 6) is -0.137. The highest BCUT2D eigenvalue weighted by atomic mass is 16.3. The standard InChI is InChI=1S/C20H13N3O2/c24-16-7-5-13(6-8-16)20(25)19-12-21-11-18(23-19)15-9-14-3-1-2-4-17(14)22-10-15/h1-12,24H. The third kappa shape index (κ3) is 2.95. The van der Waals surface area contributed by atoms with Crippen molar-refractivity contribution in [3.8, 4) is 17.0 Å². The number of nitrogens with zero attached hydrogens (tertiary/aromatic N) is 3. The summed E-state index contributed by atoms with van der Waals surface area (Å²) in [7, 11) is 0. The van der Waals surface area contributed by atoms with Crippen molar-refractivity contribution in [1.82, 2.24) is 15.0 Å². The topological polar surface area (TPSA) is 76.0 Å². The number of phenolic OH excluding ortho intramolecular Hbond substituents is 1. The molecule has 0 bridgehead atoms. The van der Waals surface area contributed by atoms with Crippen LogP contribution in [0.2, 0.25) is 0 Å². The number of hydrogen-bond donors (Lipinski definition) is 1. The van der Waals surface area contributed by atoms with Crippen LogP contribution in [0.1, 0.15) is 16.1 Å². The summed E-state index contributed by atoms with van der Waals surface area (Å²) in [4.78, 5) is 25.6. The number of fused-ring (bicyclic) bond motifs is 1. The molecule has 0 unspecified atom stereocenters. The van der Waals surface area contributed by atoms with Crippen molar-refractivity contribution < 1.29 is 9.90 Å². The summed E-state index contributed by atoms with van der Waals surface area (Å²) in [6.07, 6.45) is 4.77. The molecule has 0 atom stereocenters. The van der Waals surface area contributed by atoms with E-state index in [1.54, 1.807) is 24.5 Å². The van der Waals surface area contributed by atoms with Crippen LogP contribution in [0.15, 0.2) is 73.2 Å². The third-order valence-electron chi connectivity index (χ3n) is 3.88. The highest BCUT2D eigenvalue weighted by Crippen LogP contribution is 2.21. The van der Waals surface area contributed by atoms with Crippen LogP contribution in [0.4, 0.5) is 0 Å². The molecule has 0 fully saturated rings. The molecule has 5 nitrogen and oxygen atoms in total. The molecule has 25 heavy (non-hydrogen) atoms. The summed E-state index contributed by atoms with van der Waals surface area (Å²) < 4.78 is 0. The number of pyridine rings is 1. The summed E-state index contributed by atoms with van der Waals surface area (Å²) >= 11 is 0. The second-order valence-electron chi connectivity index (χ2n) is 5.58. The Bertz CT molecular complexity index is 1080. The van der Waals surface area contributed by atoms with E-state index in [2.05, 4.69) is 15.0 Å². The van der Waals surface area contributed by atoms with Crippen molar-refractivity contribution >= 4 is 16.7 Å². The van der Waals surface area contributed by atoms with Gasteiger partial charge in [-0.3, -0.25) is 14.8 Å². The van der Waals surface area contributed by atoms with Gasteiger partial charge in [0.05, 0.1) is 23.6 Å². The number of benzene rings is 2. The molecule has 4 rings (SSSR count). The Hall–Kier alpha value is -3.60. The van der Waals surface area contributed by atoms with Crippen molar-refractivity contribution in [2.75, 3.05) is 0 Å². The maximum absolute atomic E-state index is 12.6. The molecule has 5 heteroatoms. The number of hydrogen-bond acceptors (Lipinski definition) is 5. The minimum atomic E-state index is -0.247. The minimum absolute atomic E-state index is 0.110. The van der Waals surface area contributed by atoms with E-state index in [9.17, 15) is 9.90 Å². The average Bonchev–Trinajstić information content (AvgIpc) is 2.68. The Morgan fingerprint density at radius 2 is 1.72 bits per heavy atom. The SMILES string of the molecule is O=C(c1ccc(O)cc1)c1cncc(-c2cnc3ccccc3c2)n1. The number of rotatable bonds is 3. The van der Waals surface area contributed by atoms with Crippen LogP contribution in [0.5, 0.6) is 5.75 Å². The lowest BCUT2D eigenvalue weighted by Crippen LogP contribution is -2.05. The van der Waals surface area contributed by atoms with Gasteiger partial charge in [0.15, 0.2) is 0 Å². The van der Waals surface area contributed by atoms with Crippen LogP contribution in [0.25, 0.3) is 22.2 Å². The normalized spacial score (nSPS) is 10.7. The molecule has 0 aliphatic rings. The highest BCUT2D eigenvalue weighted by molar-refractivity contribution is 6.07. The van der Waals surface area contributed by atoms with Crippen molar-refractivity contribution in [3.63, 3.8) is 0 Å². The van der Waals surface area contributed by atoms with Gasteiger partial charge in [0.25, 0.3) is 0 Å². The van der Waals surface area contributed by atoms with Gasteiger partial charge >= 0.3 is 0 Å². The monoisotopic (exact) mass is 327 g/mol. The van der Waals surface area contributed by atoms with Crippen LogP contribution in [-0.4, -0.2) is 25.8 Å². The Labute approximate surface area is 143 Å². The van der Waals surface area contributed by atoms with Crippen molar-refractivity contribution in [2.45, 2.75) is 0 Å². The number of ketones is 1. The van der Waals surface area contributed by atoms with E-state index in [0.717, 1.165) is 16.5 Å². The Morgan fingerprint density at radius 1 is 0.920 bits per heavy atom. The van der Waals surface area contributed by atoms with Crippen LogP contribution in [0.3, 0.4) is 0 Å². The average molecular weight is 327 g/mol. The predicted octanol–water partition coefficient (Wildman–Crippen LogP) is 3.63. The number of aromatic nitrogens is 3. The van der Waals surface area contributed by atoms with E-state index in [4.69, 9.17) is 0 Å². The van der Waals surface area contributed by atoms with Gasteiger partial charge in [0.1, 0.15) is 11.4 Å². The van der Waals surface area contributed by atoms with E-state index in [1.165, 1.54) is 18.3 Å². The summed E-state index contributed by atoms with van der Waals surface area (Å²) in [5, 5.41) is 10.3. The zero-order valence-corrected chi connectivity index (χ0v) is 13.1. The van der Waals surface area contributed by atoms with Crippen LogP contribution in [-0.2, 0) is 0 Å². The molecule has 0 saturated heterocycles. The van der Waals surface area contributed by atoms with Crippen LogP contribution >= 0.6 is 0 Å². The van der Waals surface area contributed by atoms with E-state index in [1.807, 2.05) is 30.3 Å². The first-order valence-electron chi connectivity index (χ1n) is 7.72. The molecule has 2 heterocycles. The van der Waals surface area contributed by atoms with Crippen molar-refractivity contribution in [2.24, 2.45) is 0 Å². The molecule has 0 radical (unpaired) electrons. The largest absolute Gasteiger partial charge is 0.508 e. The van der Waals surface area contributed by atoms with Gasteiger partial charge in [0.2, 0.25) is 5.78 Å². The molecule has 0 aliphatic heterocycles. The zero-order valence-electron chi connectivity index (χ0n) is 13.1. The lowest BCUT2D eigenvalue weighted by Gasteiger charge is -2.05. The number of phenols is 1. The molecule has 1 N–H and O–H groups in total. The fourth-order valence-electron chi connectivity index (χ4n) is 2.59. The fourth-order valence-corrected chi connectivity index (χ4v) is 2.59. The molecule has 4 aromatic rings. The molecule has 2 aromatic heterocycles. The molecule has 0 amide bonds. The lowest BCUT2D eigenvalue weighted by molar-refractivity contribution is 0.103. The van der Waals surface area contributed by atoms with Gasteiger partial charge in [-0.05, 0) is 36.4 Å². The second kappa shape index (κ2) is 6.13. The smallest absolute Gasteiger partial charge is 0.212 e. The molecule has 2 aromatic carbocycles. The Morgan fingerprint density at radius 3 is 2.56 bits per heavy atom.